The number of nitrogens with two attached hydrogens (primary N) is 1. The summed E-state index contributed by atoms with van der Waals surface area (Å²) in [5, 5.41) is 6.49. The molecule has 1 rings (SSSR count). The normalized spacial score (nSPS) is 11.6. The van der Waals surface area contributed by atoms with Crippen LogP contribution in [0, 0.1) is 4.77 Å². The van der Waals surface area contributed by atoms with Gasteiger partial charge in [-0.3, -0.25) is 9.89 Å². The lowest BCUT2D eigenvalue weighted by Gasteiger charge is -2.20. The van der Waals surface area contributed by atoms with Gasteiger partial charge in [0.2, 0.25) is 4.77 Å². The zero-order chi connectivity index (χ0) is 10.9. The summed E-state index contributed by atoms with van der Waals surface area (Å²) < 4.78 is 1.04. The summed E-state index contributed by atoms with van der Waals surface area (Å²) in [5.74, 6) is 5.46. The summed E-state index contributed by atoms with van der Waals surface area (Å²) in [6.07, 6.45) is 0.805. The van der Waals surface area contributed by atoms with Crippen molar-refractivity contribution < 1.29 is 0 Å². The molecule has 0 radical (unpaired) electrons. The van der Waals surface area contributed by atoms with E-state index < -0.39 is 0 Å². The monoisotopic (exact) mass is 214 g/mol. The first-order valence-corrected chi connectivity index (χ1v) is 4.78. The topological polar surface area (TPSA) is 76.7 Å². The Hall–Kier alpha value is -1.17. The van der Waals surface area contributed by atoms with E-state index in [9.17, 15) is 4.79 Å². The minimum absolute atomic E-state index is 0.130. The molecule has 0 aliphatic heterocycles. The Kier molecular flexibility index (Phi) is 2.75. The van der Waals surface area contributed by atoms with Crippen molar-refractivity contribution >= 4 is 12.2 Å². The van der Waals surface area contributed by atoms with Crippen LogP contribution in [0.4, 0.5) is 0 Å². The Labute approximate surface area is 86.9 Å². The lowest BCUT2D eigenvalue weighted by Crippen LogP contribution is -2.38. The molecule has 0 aromatic carbocycles. The van der Waals surface area contributed by atoms with E-state index in [0.717, 1.165) is 11.1 Å². The van der Waals surface area contributed by atoms with Crippen LogP contribution in [0.5, 0.6) is 0 Å². The third-order valence-electron chi connectivity index (χ3n) is 2.43. The molecule has 0 bridgehead atoms. The Bertz CT molecular complexity index is 445. The highest BCUT2D eigenvalue weighted by Crippen LogP contribution is 2.20. The van der Waals surface area contributed by atoms with Gasteiger partial charge in [-0.25, -0.2) is 0 Å². The van der Waals surface area contributed by atoms with Crippen molar-refractivity contribution in [3.05, 3.63) is 20.8 Å². The summed E-state index contributed by atoms with van der Waals surface area (Å²) in [6, 6.07) is 0. The van der Waals surface area contributed by atoms with Crippen LogP contribution in [0.1, 0.15) is 32.9 Å². The molecule has 1 heterocycles. The fourth-order valence-corrected chi connectivity index (χ4v) is 1.15. The van der Waals surface area contributed by atoms with Crippen LogP contribution in [0.25, 0.3) is 0 Å². The largest absolute Gasteiger partial charge is 0.334 e. The highest BCUT2D eigenvalue weighted by atomic mass is 32.1. The van der Waals surface area contributed by atoms with Gasteiger partial charge in [-0.2, -0.15) is 9.77 Å². The summed E-state index contributed by atoms with van der Waals surface area (Å²) in [7, 11) is 0. The fourth-order valence-electron chi connectivity index (χ4n) is 1.02. The Morgan fingerprint density at radius 2 is 2.21 bits per heavy atom. The van der Waals surface area contributed by atoms with E-state index in [1.807, 2.05) is 20.8 Å². The Balaban J connectivity index is 3.47. The molecule has 6 heteroatoms. The van der Waals surface area contributed by atoms with Gasteiger partial charge in [0.1, 0.15) is 5.69 Å². The number of hydrogen-bond acceptors (Lipinski definition) is 4. The zero-order valence-corrected chi connectivity index (χ0v) is 9.31. The summed E-state index contributed by atoms with van der Waals surface area (Å²) >= 11 is 4.78. The molecule has 0 amide bonds. The van der Waals surface area contributed by atoms with Crippen LogP contribution in [0.3, 0.4) is 0 Å². The van der Waals surface area contributed by atoms with Gasteiger partial charge in [0.25, 0.3) is 5.56 Å². The molecule has 0 atom stereocenters. The minimum Gasteiger partial charge on any atom is -0.334 e. The van der Waals surface area contributed by atoms with Gasteiger partial charge in [-0.15, -0.1) is 0 Å². The predicted octanol–water partition coefficient (Wildman–Crippen LogP) is 0.702. The van der Waals surface area contributed by atoms with Crippen LogP contribution in [0.15, 0.2) is 4.79 Å². The van der Waals surface area contributed by atoms with Crippen molar-refractivity contribution in [2.75, 3.05) is 5.84 Å². The number of nitrogens with zero attached hydrogens (tertiary/aromatic N) is 2. The van der Waals surface area contributed by atoms with E-state index in [0.29, 0.717) is 5.69 Å². The Morgan fingerprint density at radius 3 is 2.71 bits per heavy atom. The lowest BCUT2D eigenvalue weighted by atomic mass is 9.87. The molecule has 1 aromatic heterocycles. The first-order valence-electron chi connectivity index (χ1n) is 4.37. The first-order chi connectivity index (χ1) is 6.40. The molecule has 0 saturated carbocycles. The molecule has 78 valence electrons. The second-order valence-electron chi connectivity index (χ2n) is 3.79. The Morgan fingerprint density at radius 1 is 1.64 bits per heavy atom. The number of H-pyrrole nitrogens is 1. The molecule has 5 nitrogen and oxygen atoms in total. The van der Waals surface area contributed by atoms with Crippen molar-refractivity contribution in [3.8, 4) is 0 Å². The molecule has 3 N–H and O–H groups in total. The fraction of sp³-hybridized carbons (Fsp3) is 0.625. The maximum atomic E-state index is 11.7. The number of aromatic amines is 1. The van der Waals surface area contributed by atoms with Crippen LogP contribution in [-0.2, 0) is 5.41 Å². The van der Waals surface area contributed by atoms with Gasteiger partial charge in [0.15, 0.2) is 0 Å². The minimum atomic E-state index is -0.333. The van der Waals surface area contributed by atoms with Gasteiger partial charge in [-0.05, 0) is 18.6 Å². The van der Waals surface area contributed by atoms with E-state index in [4.69, 9.17) is 18.1 Å². The number of hydrogen-bond donors (Lipinski definition) is 2. The van der Waals surface area contributed by atoms with E-state index in [-0.39, 0.29) is 15.7 Å². The van der Waals surface area contributed by atoms with Gasteiger partial charge < -0.3 is 5.84 Å². The van der Waals surface area contributed by atoms with E-state index in [1.165, 1.54) is 0 Å². The van der Waals surface area contributed by atoms with Crippen LogP contribution in [-0.4, -0.2) is 14.9 Å². The second kappa shape index (κ2) is 3.53. The maximum Gasteiger partial charge on any atom is 0.295 e. The predicted molar refractivity (Wildman–Crippen MR) is 57.1 cm³/mol. The zero-order valence-electron chi connectivity index (χ0n) is 8.50. The average molecular weight is 214 g/mol. The van der Waals surface area contributed by atoms with Gasteiger partial charge in [-0.1, -0.05) is 20.8 Å². The lowest BCUT2D eigenvalue weighted by molar-refractivity contribution is 0.468. The highest BCUT2D eigenvalue weighted by molar-refractivity contribution is 7.71. The smallest absolute Gasteiger partial charge is 0.295 e. The molecule has 0 saturated heterocycles. The third kappa shape index (κ3) is 1.70. The van der Waals surface area contributed by atoms with Gasteiger partial charge in [0, 0.05) is 5.41 Å². The van der Waals surface area contributed by atoms with Crippen molar-refractivity contribution in [2.45, 2.75) is 32.6 Å². The molecule has 0 aliphatic rings. The third-order valence-corrected chi connectivity index (χ3v) is 2.72. The van der Waals surface area contributed by atoms with Crippen molar-refractivity contribution in [2.24, 2.45) is 0 Å². The molecule has 0 unspecified atom stereocenters. The second-order valence-corrected chi connectivity index (χ2v) is 4.18. The summed E-state index contributed by atoms with van der Waals surface area (Å²) in [6.45, 7) is 5.87. The van der Waals surface area contributed by atoms with E-state index >= 15 is 0 Å². The quantitative estimate of drug-likeness (QED) is 0.561. The molecule has 0 fully saturated rings. The standard InChI is InChI=1S/C8H14N4OS/c1-4-8(2,3)5-6(13)12(9)7(14)11-10-5/h4,9H2,1-3H3,(H,11,14). The van der Waals surface area contributed by atoms with Gasteiger partial charge >= 0.3 is 0 Å². The van der Waals surface area contributed by atoms with Crippen molar-refractivity contribution in [1.29, 1.82) is 0 Å². The van der Waals surface area contributed by atoms with Crippen LogP contribution >= 0.6 is 12.2 Å². The van der Waals surface area contributed by atoms with E-state index in [2.05, 4.69) is 10.2 Å². The van der Waals surface area contributed by atoms with Crippen LogP contribution in [0.2, 0.25) is 0 Å². The molecular formula is C8H14N4OS. The molecule has 0 spiro atoms. The molecule has 1 aromatic rings. The van der Waals surface area contributed by atoms with Gasteiger partial charge in [0.05, 0.1) is 0 Å². The average Bonchev–Trinajstić information content (AvgIpc) is 2.14. The van der Waals surface area contributed by atoms with E-state index in [1.54, 1.807) is 0 Å². The highest BCUT2D eigenvalue weighted by Gasteiger charge is 2.24. The summed E-state index contributed by atoms with van der Waals surface area (Å²) in [4.78, 5) is 11.7. The molecule has 14 heavy (non-hydrogen) atoms. The van der Waals surface area contributed by atoms with Crippen molar-refractivity contribution in [1.82, 2.24) is 14.9 Å². The maximum absolute atomic E-state index is 11.7. The number of nitrogens with one attached hydrogen (secondary N) is 1. The molecular weight excluding hydrogens is 200 g/mol. The number of aromatic nitrogens is 3. The molecule has 0 aliphatic carbocycles. The summed E-state index contributed by atoms with van der Waals surface area (Å²) in [5.41, 5.74) is -0.214. The van der Waals surface area contributed by atoms with Crippen molar-refractivity contribution in [3.63, 3.8) is 0 Å². The first kappa shape index (κ1) is 10.9. The van der Waals surface area contributed by atoms with Crippen LogP contribution < -0.4 is 11.4 Å². The number of nitrogen functional groups attached to an aromatic ring is 1. The number of rotatable bonds is 2. The SMILES string of the molecule is CCC(C)(C)c1n[nH]c(=S)n(N)c1=O.